The first kappa shape index (κ1) is 22.2. The van der Waals surface area contributed by atoms with Gasteiger partial charge in [-0.05, 0) is 35.4 Å². The minimum absolute atomic E-state index is 0.213. The van der Waals surface area contributed by atoms with Crippen molar-refractivity contribution in [2.24, 2.45) is 0 Å². The van der Waals surface area contributed by atoms with E-state index in [0.29, 0.717) is 40.4 Å². The van der Waals surface area contributed by atoms with Crippen molar-refractivity contribution in [1.29, 1.82) is 0 Å². The number of aromatic nitrogens is 4. The van der Waals surface area contributed by atoms with Crippen LogP contribution >= 0.6 is 21.6 Å². The Bertz CT molecular complexity index is 1220. The van der Waals surface area contributed by atoms with Crippen molar-refractivity contribution < 1.29 is 14.4 Å². The lowest BCUT2D eigenvalue weighted by atomic mass is 10.2. The summed E-state index contributed by atoms with van der Waals surface area (Å²) < 4.78 is 6.74. The fourth-order valence-corrected chi connectivity index (χ4v) is 4.88. The van der Waals surface area contributed by atoms with Gasteiger partial charge < -0.3 is 10.5 Å². The van der Waals surface area contributed by atoms with Gasteiger partial charge in [-0.3, -0.25) is 4.84 Å². The number of para-hydroxylation sites is 1. The van der Waals surface area contributed by atoms with Crippen LogP contribution < -0.4 is 10.6 Å². The number of carbonyl (C=O) groups excluding carboxylic acids is 1. The van der Waals surface area contributed by atoms with Crippen LogP contribution in [0.3, 0.4) is 0 Å². The molecule has 8 nitrogen and oxygen atoms in total. The van der Waals surface area contributed by atoms with Crippen LogP contribution in [0.25, 0.3) is 21.9 Å². The van der Waals surface area contributed by atoms with Gasteiger partial charge in [-0.1, -0.05) is 48.4 Å². The van der Waals surface area contributed by atoms with Gasteiger partial charge in [-0.2, -0.15) is 4.73 Å². The second kappa shape index (κ2) is 10.6. The van der Waals surface area contributed by atoms with Crippen molar-refractivity contribution in [1.82, 2.24) is 19.7 Å². The molecule has 1 aromatic carbocycles. The maximum atomic E-state index is 12.5. The molecule has 0 aliphatic carbocycles. The standard InChI is InChI=1S/C22H23N5O3S2/c1-2-3-10-17-26-19-20(15-8-4-5-9-16(15)25-21(19)23)27(17)30-22(28)29-13-14-31-32-18-11-6-7-12-24-18/h4-9,11-12H,2-3,10,13-14H2,1H3,(H2,23,25). The van der Waals surface area contributed by atoms with E-state index < -0.39 is 6.16 Å². The molecule has 0 spiro atoms. The van der Waals surface area contributed by atoms with Crippen molar-refractivity contribution in [3.8, 4) is 0 Å². The number of benzene rings is 1. The van der Waals surface area contributed by atoms with Crippen LogP contribution in [-0.2, 0) is 11.2 Å². The number of nitrogens with two attached hydrogens (primary N) is 1. The van der Waals surface area contributed by atoms with Crippen LogP contribution in [0.1, 0.15) is 25.6 Å². The fourth-order valence-electron chi connectivity index (χ4n) is 3.17. The van der Waals surface area contributed by atoms with Crippen LogP contribution in [0.15, 0.2) is 53.7 Å². The summed E-state index contributed by atoms with van der Waals surface area (Å²) in [4.78, 5) is 31.4. The number of ether oxygens (including phenoxy) is 1. The molecule has 0 atom stereocenters. The number of aryl methyl sites for hydroxylation is 1. The Morgan fingerprint density at radius 2 is 2.00 bits per heavy atom. The Hall–Kier alpha value is -2.98. The average Bonchev–Trinajstić information content (AvgIpc) is 3.17. The smallest absolute Gasteiger partial charge is 0.432 e. The number of fused-ring (bicyclic) bond motifs is 3. The van der Waals surface area contributed by atoms with Gasteiger partial charge in [0.25, 0.3) is 0 Å². The van der Waals surface area contributed by atoms with Crippen molar-refractivity contribution >= 4 is 55.5 Å². The third-order valence-corrected chi connectivity index (χ3v) is 6.86. The van der Waals surface area contributed by atoms with E-state index in [4.69, 9.17) is 15.3 Å². The lowest BCUT2D eigenvalue weighted by Gasteiger charge is -2.10. The largest absolute Gasteiger partial charge is 0.533 e. The molecule has 166 valence electrons. The molecule has 4 rings (SSSR count). The molecule has 0 saturated carbocycles. The zero-order valence-electron chi connectivity index (χ0n) is 17.6. The zero-order chi connectivity index (χ0) is 22.3. The van der Waals surface area contributed by atoms with E-state index in [0.717, 1.165) is 23.3 Å². The fraction of sp³-hybridized carbons (Fsp3) is 0.273. The highest BCUT2D eigenvalue weighted by atomic mass is 33.1. The van der Waals surface area contributed by atoms with Crippen molar-refractivity contribution in [3.05, 3.63) is 54.5 Å². The van der Waals surface area contributed by atoms with E-state index in [1.807, 2.05) is 42.5 Å². The van der Waals surface area contributed by atoms with Gasteiger partial charge >= 0.3 is 6.16 Å². The number of rotatable bonds is 9. The van der Waals surface area contributed by atoms with Crippen LogP contribution in [0, 0.1) is 0 Å². The van der Waals surface area contributed by atoms with Gasteiger partial charge in [0.2, 0.25) is 0 Å². The summed E-state index contributed by atoms with van der Waals surface area (Å²) in [5.74, 6) is 1.52. The van der Waals surface area contributed by atoms with Gasteiger partial charge in [0, 0.05) is 23.8 Å². The molecule has 0 saturated heterocycles. The highest BCUT2D eigenvalue weighted by molar-refractivity contribution is 8.76. The summed E-state index contributed by atoms with van der Waals surface area (Å²) in [5.41, 5.74) is 8.01. The predicted molar refractivity (Wildman–Crippen MR) is 129 cm³/mol. The summed E-state index contributed by atoms with van der Waals surface area (Å²) in [5, 5.41) is 1.71. The first-order valence-corrected chi connectivity index (χ1v) is 12.6. The van der Waals surface area contributed by atoms with Gasteiger partial charge in [0.05, 0.1) is 5.52 Å². The van der Waals surface area contributed by atoms with Crippen LogP contribution in [0.2, 0.25) is 0 Å². The highest BCUT2D eigenvalue weighted by Crippen LogP contribution is 2.29. The quantitative estimate of drug-likeness (QED) is 0.208. The molecule has 0 aliphatic heterocycles. The first-order chi connectivity index (χ1) is 15.7. The molecule has 0 fully saturated rings. The first-order valence-electron chi connectivity index (χ1n) is 10.3. The van der Waals surface area contributed by atoms with Crippen molar-refractivity contribution in [2.45, 2.75) is 31.2 Å². The number of anilines is 1. The number of hydrogen-bond acceptors (Lipinski definition) is 9. The summed E-state index contributed by atoms with van der Waals surface area (Å²) >= 11 is 0. The third kappa shape index (κ3) is 5.08. The molecule has 0 bridgehead atoms. The number of nitrogen functional groups attached to an aromatic ring is 1. The van der Waals surface area contributed by atoms with E-state index in [2.05, 4.69) is 21.9 Å². The lowest BCUT2D eigenvalue weighted by Crippen LogP contribution is -2.23. The highest BCUT2D eigenvalue weighted by Gasteiger charge is 2.20. The van der Waals surface area contributed by atoms with E-state index >= 15 is 0 Å². The number of hydrogen-bond donors (Lipinski definition) is 1. The Morgan fingerprint density at radius 1 is 1.16 bits per heavy atom. The monoisotopic (exact) mass is 469 g/mol. The normalized spacial score (nSPS) is 11.2. The molecular weight excluding hydrogens is 446 g/mol. The van der Waals surface area contributed by atoms with Gasteiger partial charge in [-0.25, -0.2) is 19.7 Å². The van der Waals surface area contributed by atoms with E-state index in [1.165, 1.54) is 15.5 Å². The van der Waals surface area contributed by atoms with Crippen LogP contribution in [-0.4, -0.2) is 38.2 Å². The lowest BCUT2D eigenvalue weighted by molar-refractivity contribution is 0.0531. The Balaban J connectivity index is 1.48. The number of unbranched alkanes of at least 4 members (excludes halogenated alkanes) is 1. The third-order valence-electron chi connectivity index (χ3n) is 4.63. The van der Waals surface area contributed by atoms with Gasteiger partial charge in [0.1, 0.15) is 28.5 Å². The number of carbonyl (C=O) groups is 1. The Labute approximate surface area is 193 Å². The van der Waals surface area contributed by atoms with Gasteiger partial charge in [0.15, 0.2) is 5.82 Å². The maximum Gasteiger partial charge on any atom is 0.533 e. The van der Waals surface area contributed by atoms with Crippen molar-refractivity contribution in [2.75, 3.05) is 18.1 Å². The predicted octanol–water partition coefficient (Wildman–Crippen LogP) is 4.91. The second-order valence-electron chi connectivity index (χ2n) is 6.90. The van der Waals surface area contributed by atoms with Crippen molar-refractivity contribution in [3.63, 3.8) is 0 Å². The number of imidazole rings is 1. The maximum absolute atomic E-state index is 12.5. The molecule has 2 N–H and O–H groups in total. The second-order valence-corrected chi connectivity index (χ2v) is 9.34. The molecule has 3 heterocycles. The van der Waals surface area contributed by atoms with E-state index in [1.54, 1.807) is 17.0 Å². The van der Waals surface area contributed by atoms with E-state index in [9.17, 15) is 4.79 Å². The summed E-state index contributed by atoms with van der Waals surface area (Å²) in [7, 11) is 3.09. The molecule has 0 amide bonds. The molecular formula is C22H23N5O3S2. The Kier molecular flexibility index (Phi) is 7.33. The molecule has 0 radical (unpaired) electrons. The SMILES string of the molecule is CCCCc1nc2c(N)nc3ccccc3c2n1OC(=O)OCCSSc1ccccn1. The van der Waals surface area contributed by atoms with Crippen LogP contribution in [0.5, 0.6) is 0 Å². The Morgan fingerprint density at radius 3 is 2.81 bits per heavy atom. The number of nitrogens with zero attached hydrogens (tertiary/aromatic N) is 4. The summed E-state index contributed by atoms with van der Waals surface area (Å²) in [6, 6.07) is 13.3. The molecule has 4 aromatic rings. The molecule has 3 aromatic heterocycles. The molecule has 0 aliphatic rings. The zero-order valence-corrected chi connectivity index (χ0v) is 19.2. The molecule has 0 unspecified atom stereocenters. The molecule has 32 heavy (non-hydrogen) atoms. The minimum Gasteiger partial charge on any atom is -0.432 e. The average molecular weight is 470 g/mol. The minimum atomic E-state index is -0.787. The topological polar surface area (TPSA) is 105 Å². The summed E-state index contributed by atoms with van der Waals surface area (Å²) in [6.45, 7) is 2.30. The molecule has 10 heteroatoms. The number of pyridine rings is 2. The summed E-state index contributed by atoms with van der Waals surface area (Å²) in [6.07, 6.45) is 3.48. The van der Waals surface area contributed by atoms with E-state index in [-0.39, 0.29) is 6.61 Å². The van der Waals surface area contributed by atoms with Crippen LogP contribution in [0.4, 0.5) is 10.6 Å². The van der Waals surface area contributed by atoms with Gasteiger partial charge in [-0.15, -0.1) is 0 Å².